The molecule has 6 heteroatoms. The van der Waals surface area contributed by atoms with Gasteiger partial charge in [-0.05, 0) is 18.1 Å². The van der Waals surface area contributed by atoms with Crippen LogP contribution in [0.25, 0.3) is 11.4 Å². The summed E-state index contributed by atoms with van der Waals surface area (Å²) in [6, 6.07) is 18.6. The standard InChI is InChI=1S/C20H19N5S/c1-15-21-10-11-25(15)14-17-7-5-6-16(12-17)13-22-20-23-19(24-26-20)18-8-3-2-4-9-18/h2-12H,13-14H2,1H3,(H,22,23,24). The van der Waals surface area contributed by atoms with E-state index in [-0.39, 0.29) is 0 Å². The topological polar surface area (TPSA) is 55.6 Å². The Bertz CT molecular complexity index is 990. The summed E-state index contributed by atoms with van der Waals surface area (Å²) in [4.78, 5) is 8.85. The molecule has 26 heavy (non-hydrogen) atoms. The lowest BCUT2D eigenvalue weighted by atomic mass is 10.1. The molecule has 5 nitrogen and oxygen atoms in total. The molecule has 0 fully saturated rings. The molecule has 0 amide bonds. The Morgan fingerprint density at radius 2 is 1.88 bits per heavy atom. The molecule has 0 saturated carbocycles. The van der Waals surface area contributed by atoms with Crippen molar-refractivity contribution in [2.75, 3.05) is 5.32 Å². The lowest BCUT2D eigenvalue weighted by molar-refractivity contribution is 0.760. The molecule has 4 aromatic rings. The Labute approximate surface area is 156 Å². The molecule has 0 aliphatic heterocycles. The van der Waals surface area contributed by atoms with Crippen LogP contribution in [-0.2, 0) is 13.1 Å². The summed E-state index contributed by atoms with van der Waals surface area (Å²) in [5, 5.41) is 4.21. The minimum Gasteiger partial charge on any atom is -0.356 e. The van der Waals surface area contributed by atoms with E-state index in [2.05, 4.69) is 48.5 Å². The van der Waals surface area contributed by atoms with Gasteiger partial charge in [0.25, 0.3) is 0 Å². The van der Waals surface area contributed by atoms with Gasteiger partial charge in [0, 0.05) is 42.6 Å². The average Bonchev–Trinajstić information content (AvgIpc) is 3.31. The summed E-state index contributed by atoms with van der Waals surface area (Å²) >= 11 is 1.39. The number of imidazole rings is 1. The molecule has 1 N–H and O–H groups in total. The highest BCUT2D eigenvalue weighted by Gasteiger charge is 2.06. The van der Waals surface area contributed by atoms with Gasteiger partial charge in [-0.15, -0.1) is 0 Å². The van der Waals surface area contributed by atoms with Crippen LogP contribution in [0.4, 0.5) is 5.13 Å². The molecule has 0 aliphatic carbocycles. The van der Waals surface area contributed by atoms with Crippen molar-refractivity contribution < 1.29 is 0 Å². The molecule has 130 valence electrons. The first-order chi connectivity index (χ1) is 12.8. The Hall–Kier alpha value is -2.99. The Morgan fingerprint density at radius 1 is 1.04 bits per heavy atom. The fraction of sp³-hybridized carbons (Fsp3) is 0.150. The van der Waals surface area contributed by atoms with Crippen molar-refractivity contribution in [3.8, 4) is 11.4 Å². The number of anilines is 1. The van der Waals surface area contributed by atoms with E-state index in [4.69, 9.17) is 0 Å². The van der Waals surface area contributed by atoms with E-state index in [1.165, 1.54) is 22.7 Å². The quantitative estimate of drug-likeness (QED) is 0.554. The lowest BCUT2D eigenvalue weighted by Gasteiger charge is -2.08. The van der Waals surface area contributed by atoms with Crippen molar-refractivity contribution >= 4 is 16.7 Å². The summed E-state index contributed by atoms with van der Waals surface area (Å²) in [6.07, 6.45) is 3.84. The van der Waals surface area contributed by atoms with Gasteiger partial charge in [-0.25, -0.2) is 4.98 Å². The number of nitrogens with one attached hydrogen (secondary N) is 1. The molecule has 2 heterocycles. The van der Waals surface area contributed by atoms with E-state index in [1.807, 2.05) is 49.6 Å². The van der Waals surface area contributed by atoms with E-state index in [0.717, 1.165) is 35.4 Å². The van der Waals surface area contributed by atoms with Crippen LogP contribution in [0.1, 0.15) is 17.0 Å². The average molecular weight is 361 g/mol. The maximum absolute atomic E-state index is 4.57. The summed E-state index contributed by atoms with van der Waals surface area (Å²) in [7, 11) is 0. The fourth-order valence-corrected chi connectivity index (χ4v) is 3.37. The molecule has 0 radical (unpaired) electrons. The minimum absolute atomic E-state index is 0.722. The number of aromatic nitrogens is 4. The largest absolute Gasteiger partial charge is 0.356 e. The molecule has 0 bridgehead atoms. The van der Waals surface area contributed by atoms with Gasteiger partial charge < -0.3 is 9.88 Å². The number of rotatable bonds is 6. The van der Waals surface area contributed by atoms with Crippen LogP contribution in [0.3, 0.4) is 0 Å². The minimum atomic E-state index is 0.722. The Balaban J connectivity index is 1.41. The number of nitrogens with zero attached hydrogens (tertiary/aromatic N) is 4. The molecule has 2 aromatic heterocycles. The zero-order valence-electron chi connectivity index (χ0n) is 14.5. The SMILES string of the molecule is Cc1nccn1Cc1cccc(CNc2nc(-c3ccccc3)ns2)c1. The van der Waals surface area contributed by atoms with Crippen LogP contribution in [0.15, 0.2) is 67.0 Å². The first-order valence-corrected chi connectivity index (χ1v) is 9.24. The summed E-state index contributed by atoms with van der Waals surface area (Å²) < 4.78 is 6.58. The highest BCUT2D eigenvalue weighted by atomic mass is 32.1. The van der Waals surface area contributed by atoms with E-state index in [1.54, 1.807) is 0 Å². The fourth-order valence-electron chi connectivity index (χ4n) is 2.78. The second-order valence-corrected chi connectivity index (χ2v) is 6.82. The molecule has 4 rings (SSSR count). The van der Waals surface area contributed by atoms with E-state index < -0.39 is 0 Å². The monoisotopic (exact) mass is 361 g/mol. The zero-order chi connectivity index (χ0) is 17.8. The predicted molar refractivity (Wildman–Crippen MR) is 105 cm³/mol. The van der Waals surface area contributed by atoms with Crippen molar-refractivity contribution in [1.82, 2.24) is 18.9 Å². The number of aryl methyl sites for hydroxylation is 1. The number of hydrogen-bond donors (Lipinski definition) is 1. The molecule has 0 unspecified atom stereocenters. The van der Waals surface area contributed by atoms with Gasteiger partial charge >= 0.3 is 0 Å². The highest BCUT2D eigenvalue weighted by molar-refractivity contribution is 7.09. The van der Waals surface area contributed by atoms with Crippen LogP contribution in [0.5, 0.6) is 0 Å². The molecule has 2 aromatic carbocycles. The Morgan fingerprint density at radius 3 is 2.69 bits per heavy atom. The van der Waals surface area contributed by atoms with E-state index >= 15 is 0 Å². The van der Waals surface area contributed by atoms with Crippen molar-refractivity contribution in [3.63, 3.8) is 0 Å². The van der Waals surface area contributed by atoms with Crippen molar-refractivity contribution in [3.05, 3.63) is 83.9 Å². The molecule has 0 aliphatic rings. The first kappa shape index (κ1) is 16.5. The maximum atomic E-state index is 4.57. The van der Waals surface area contributed by atoms with Gasteiger partial charge in [0.2, 0.25) is 5.13 Å². The zero-order valence-corrected chi connectivity index (χ0v) is 15.3. The van der Waals surface area contributed by atoms with E-state index in [0.29, 0.717) is 0 Å². The molecule has 0 spiro atoms. The molecular formula is C20H19N5S. The van der Waals surface area contributed by atoms with Crippen molar-refractivity contribution in [2.24, 2.45) is 0 Å². The highest BCUT2D eigenvalue weighted by Crippen LogP contribution is 2.21. The van der Waals surface area contributed by atoms with Crippen molar-refractivity contribution in [1.29, 1.82) is 0 Å². The van der Waals surface area contributed by atoms with Crippen LogP contribution in [-0.4, -0.2) is 18.9 Å². The molecule has 0 saturated heterocycles. The molecular weight excluding hydrogens is 342 g/mol. The van der Waals surface area contributed by atoms with Gasteiger partial charge in [0.1, 0.15) is 5.82 Å². The third-order valence-electron chi connectivity index (χ3n) is 4.17. The van der Waals surface area contributed by atoms with Crippen molar-refractivity contribution in [2.45, 2.75) is 20.0 Å². The van der Waals surface area contributed by atoms with Crippen LogP contribution < -0.4 is 5.32 Å². The van der Waals surface area contributed by atoms with E-state index in [9.17, 15) is 0 Å². The maximum Gasteiger partial charge on any atom is 0.203 e. The van der Waals surface area contributed by atoms with Gasteiger partial charge in [-0.2, -0.15) is 9.36 Å². The van der Waals surface area contributed by atoms with Gasteiger partial charge in [0.15, 0.2) is 5.82 Å². The first-order valence-electron chi connectivity index (χ1n) is 8.46. The lowest BCUT2D eigenvalue weighted by Crippen LogP contribution is -2.03. The smallest absolute Gasteiger partial charge is 0.203 e. The second kappa shape index (κ2) is 7.49. The second-order valence-electron chi connectivity index (χ2n) is 6.07. The van der Waals surface area contributed by atoms with Gasteiger partial charge in [-0.3, -0.25) is 0 Å². The van der Waals surface area contributed by atoms with Crippen LogP contribution in [0, 0.1) is 6.92 Å². The molecule has 0 atom stereocenters. The summed E-state index contributed by atoms with van der Waals surface area (Å²) in [5.74, 6) is 1.79. The third kappa shape index (κ3) is 3.81. The van der Waals surface area contributed by atoms with Crippen LogP contribution in [0.2, 0.25) is 0 Å². The third-order valence-corrected chi connectivity index (χ3v) is 4.84. The Kier molecular flexibility index (Phi) is 4.75. The summed E-state index contributed by atoms with van der Waals surface area (Å²) in [6.45, 7) is 3.57. The summed E-state index contributed by atoms with van der Waals surface area (Å²) in [5.41, 5.74) is 3.51. The van der Waals surface area contributed by atoms with Gasteiger partial charge in [-0.1, -0.05) is 54.6 Å². The number of benzene rings is 2. The van der Waals surface area contributed by atoms with Gasteiger partial charge in [0.05, 0.1) is 0 Å². The normalized spacial score (nSPS) is 10.8. The predicted octanol–water partition coefficient (Wildman–Crippen LogP) is 4.37. The van der Waals surface area contributed by atoms with Crippen LogP contribution >= 0.6 is 11.5 Å². The number of hydrogen-bond acceptors (Lipinski definition) is 5.